The highest BCUT2D eigenvalue weighted by molar-refractivity contribution is 6.02. The maximum Gasteiger partial charge on any atom is 0.255 e. The molecule has 3 N–H and O–H groups in total. The summed E-state index contributed by atoms with van der Waals surface area (Å²) < 4.78 is 14.7. The lowest BCUT2D eigenvalue weighted by atomic mass is 10.1. The molecule has 0 saturated carbocycles. The number of amides is 1. The van der Waals surface area contributed by atoms with Gasteiger partial charge in [-0.3, -0.25) is 4.79 Å². The first-order valence-electron chi connectivity index (χ1n) is 12.0. The smallest absolute Gasteiger partial charge is 0.255 e. The van der Waals surface area contributed by atoms with Gasteiger partial charge in [-0.25, -0.2) is 14.1 Å². The summed E-state index contributed by atoms with van der Waals surface area (Å²) in [5.74, 6) is 0.393. The molecule has 8 nitrogen and oxygen atoms in total. The summed E-state index contributed by atoms with van der Waals surface area (Å²) in [6, 6.07) is 17.6. The number of nitrogens with one attached hydrogen (secondary N) is 1. The molecule has 1 saturated heterocycles. The van der Waals surface area contributed by atoms with Crippen LogP contribution in [0.4, 0.5) is 16.0 Å². The van der Waals surface area contributed by atoms with Gasteiger partial charge in [-0.1, -0.05) is 18.2 Å². The van der Waals surface area contributed by atoms with Gasteiger partial charge in [0.2, 0.25) is 0 Å². The number of benzene rings is 2. The number of nitrogen functional groups attached to an aromatic ring is 1. The average Bonchev–Trinajstić information content (AvgIpc) is 3.54. The van der Waals surface area contributed by atoms with Gasteiger partial charge in [0, 0.05) is 25.0 Å². The van der Waals surface area contributed by atoms with Crippen LogP contribution in [0.1, 0.15) is 40.9 Å². The monoisotopic (exact) mass is 483 g/mol. The molecule has 9 heteroatoms. The van der Waals surface area contributed by atoms with Gasteiger partial charge in [-0.15, -0.1) is 0 Å². The molecule has 0 aliphatic carbocycles. The number of halogens is 1. The van der Waals surface area contributed by atoms with Gasteiger partial charge >= 0.3 is 0 Å². The molecule has 0 radical (unpaired) electrons. The molecular formula is C27H26FN7O. The van der Waals surface area contributed by atoms with E-state index in [9.17, 15) is 14.4 Å². The molecule has 36 heavy (non-hydrogen) atoms. The molecule has 0 spiro atoms. The van der Waals surface area contributed by atoms with Crippen molar-refractivity contribution in [2.24, 2.45) is 0 Å². The Morgan fingerprint density at radius 1 is 1.14 bits per heavy atom. The minimum atomic E-state index is -0.365. The summed E-state index contributed by atoms with van der Waals surface area (Å²) in [6.07, 6.45) is 3.20. The number of anilines is 2. The number of pyridine rings is 1. The summed E-state index contributed by atoms with van der Waals surface area (Å²) >= 11 is 0. The second-order valence-electron chi connectivity index (χ2n) is 8.81. The number of hydrogen-bond acceptors (Lipinski definition) is 6. The van der Waals surface area contributed by atoms with E-state index in [4.69, 9.17) is 10.7 Å². The van der Waals surface area contributed by atoms with E-state index in [-0.39, 0.29) is 17.5 Å². The van der Waals surface area contributed by atoms with E-state index in [1.165, 1.54) is 16.8 Å². The van der Waals surface area contributed by atoms with Crippen molar-refractivity contribution in [3.8, 4) is 11.8 Å². The molecular weight excluding hydrogens is 457 g/mol. The molecule has 5 rings (SSSR count). The number of aromatic nitrogens is 3. The lowest BCUT2D eigenvalue weighted by molar-refractivity contribution is 0.0953. The van der Waals surface area contributed by atoms with E-state index < -0.39 is 0 Å². The van der Waals surface area contributed by atoms with E-state index in [1.54, 1.807) is 12.1 Å². The predicted molar refractivity (Wildman–Crippen MR) is 136 cm³/mol. The van der Waals surface area contributed by atoms with Crippen LogP contribution in [-0.2, 0) is 6.42 Å². The predicted octanol–water partition coefficient (Wildman–Crippen LogP) is 3.98. The molecule has 1 aliphatic heterocycles. The molecule has 2 aromatic heterocycles. The van der Waals surface area contributed by atoms with Crippen LogP contribution in [0.25, 0.3) is 16.6 Å². The van der Waals surface area contributed by atoms with E-state index in [2.05, 4.69) is 21.4 Å². The third-order valence-electron chi connectivity index (χ3n) is 6.41. The van der Waals surface area contributed by atoms with E-state index in [0.29, 0.717) is 41.9 Å². The number of carbonyl (C=O) groups excluding carboxylic acids is 1. The van der Waals surface area contributed by atoms with Gasteiger partial charge in [0.25, 0.3) is 5.91 Å². The number of para-hydroxylation sites is 1. The summed E-state index contributed by atoms with van der Waals surface area (Å²) in [5.41, 5.74) is 8.98. The van der Waals surface area contributed by atoms with E-state index in [1.807, 2.05) is 30.3 Å². The van der Waals surface area contributed by atoms with Crippen molar-refractivity contribution in [2.45, 2.75) is 25.7 Å². The standard InChI is InChI=1S/C27H26FN7O/c28-19-9-11-20(12-10-19)35-25(30)22(17-29)24(33-35)8-5-13-31-27(36)21-16-18-6-1-2-7-23(18)32-26(21)34-14-3-4-15-34/h1-2,6-7,9-12,16H,3-5,8,13-15,30H2,(H,31,36). The normalized spacial score (nSPS) is 13.2. The highest BCUT2D eigenvalue weighted by Gasteiger charge is 2.22. The Morgan fingerprint density at radius 2 is 1.89 bits per heavy atom. The molecule has 4 aromatic rings. The van der Waals surface area contributed by atoms with Crippen LogP contribution in [0.15, 0.2) is 54.6 Å². The zero-order chi connectivity index (χ0) is 25.1. The fourth-order valence-corrected chi connectivity index (χ4v) is 4.55. The van der Waals surface area contributed by atoms with Crippen molar-refractivity contribution in [1.82, 2.24) is 20.1 Å². The molecule has 3 heterocycles. The van der Waals surface area contributed by atoms with Crippen molar-refractivity contribution in [1.29, 1.82) is 5.26 Å². The summed E-state index contributed by atoms with van der Waals surface area (Å²) in [7, 11) is 0. The summed E-state index contributed by atoms with van der Waals surface area (Å²) in [4.78, 5) is 20.1. The highest BCUT2D eigenvalue weighted by Crippen LogP contribution is 2.27. The zero-order valence-corrected chi connectivity index (χ0v) is 19.7. The first-order valence-corrected chi connectivity index (χ1v) is 12.0. The second-order valence-corrected chi connectivity index (χ2v) is 8.81. The Labute approximate surface area is 208 Å². The molecule has 2 aromatic carbocycles. The van der Waals surface area contributed by atoms with Gasteiger partial charge in [0.05, 0.1) is 22.5 Å². The molecule has 0 bridgehead atoms. The minimum Gasteiger partial charge on any atom is -0.382 e. The second kappa shape index (κ2) is 10.0. The van der Waals surface area contributed by atoms with Crippen LogP contribution in [0.3, 0.4) is 0 Å². The number of fused-ring (bicyclic) bond motifs is 1. The Bertz CT molecular complexity index is 1450. The topological polar surface area (TPSA) is 113 Å². The summed E-state index contributed by atoms with van der Waals surface area (Å²) in [6.45, 7) is 2.18. The van der Waals surface area contributed by atoms with Crippen LogP contribution in [0.2, 0.25) is 0 Å². The number of nitrogens with two attached hydrogens (primary N) is 1. The van der Waals surface area contributed by atoms with Crippen LogP contribution in [0, 0.1) is 17.1 Å². The fourth-order valence-electron chi connectivity index (χ4n) is 4.55. The van der Waals surface area contributed by atoms with Crippen molar-refractivity contribution < 1.29 is 9.18 Å². The lowest BCUT2D eigenvalue weighted by Gasteiger charge is -2.20. The van der Waals surface area contributed by atoms with Crippen LogP contribution >= 0.6 is 0 Å². The number of rotatable bonds is 7. The van der Waals surface area contributed by atoms with Crippen molar-refractivity contribution >= 4 is 28.4 Å². The Kier molecular flexibility index (Phi) is 6.50. The first-order chi connectivity index (χ1) is 17.5. The SMILES string of the molecule is N#Cc1c(CCCNC(=O)c2cc3ccccc3nc2N2CCCC2)nn(-c2ccc(F)cc2)c1N. The third kappa shape index (κ3) is 4.58. The maximum atomic E-state index is 13.3. The zero-order valence-electron chi connectivity index (χ0n) is 19.7. The number of carbonyl (C=O) groups is 1. The van der Waals surface area contributed by atoms with Gasteiger partial charge in [0.15, 0.2) is 0 Å². The van der Waals surface area contributed by atoms with Crippen molar-refractivity contribution in [3.63, 3.8) is 0 Å². The largest absolute Gasteiger partial charge is 0.382 e. The fraction of sp³-hybridized carbons (Fsp3) is 0.259. The summed E-state index contributed by atoms with van der Waals surface area (Å²) in [5, 5.41) is 18.0. The van der Waals surface area contributed by atoms with Crippen molar-refractivity contribution in [2.75, 3.05) is 30.3 Å². The molecule has 1 amide bonds. The van der Waals surface area contributed by atoms with Gasteiger partial charge in [-0.2, -0.15) is 10.4 Å². The lowest BCUT2D eigenvalue weighted by Crippen LogP contribution is -2.29. The number of aryl methyl sites for hydroxylation is 1. The number of hydrogen-bond donors (Lipinski definition) is 2. The highest BCUT2D eigenvalue weighted by atomic mass is 19.1. The molecule has 182 valence electrons. The quantitative estimate of drug-likeness (QED) is 0.385. The first kappa shape index (κ1) is 23.3. The van der Waals surface area contributed by atoms with Crippen LogP contribution in [-0.4, -0.2) is 40.3 Å². The van der Waals surface area contributed by atoms with Crippen LogP contribution in [0.5, 0.6) is 0 Å². The number of nitrogens with zero attached hydrogens (tertiary/aromatic N) is 5. The van der Waals surface area contributed by atoms with Gasteiger partial charge in [0.1, 0.15) is 29.1 Å². The Morgan fingerprint density at radius 3 is 2.64 bits per heavy atom. The van der Waals surface area contributed by atoms with E-state index >= 15 is 0 Å². The average molecular weight is 484 g/mol. The maximum absolute atomic E-state index is 13.3. The minimum absolute atomic E-state index is 0.174. The van der Waals surface area contributed by atoms with Gasteiger partial charge < -0.3 is 16.0 Å². The third-order valence-corrected chi connectivity index (χ3v) is 6.41. The molecule has 0 atom stereocenters. The van der Waals surface area contributed by atoms with E-state index in [0.717, 1.165) is 42.7 Å². The number of nitriles is 1. The Balaban J connectivity index is 1.29. The van der Waals surface area contributed by atoms with Gasteiger partial charge in [-0.05, 0) is 62.1 Å². The molecule has 0 unspecified atom stereocenters. The molecule has 1 aliphatic rings. The molecule has 1 fully saturated rings. The van der Waals surface area contributed by atoms with Crippen molar-refractivity contribution in [3.05, 3.63) is 77.2 Å². The van der Waals surface area contributed by atoms with Crippen LogP contribution < -0.4 is 16.0 Å². The Hall–Kier alpha value is -4.45.